The molecular formula is C31H37F3N4O5. The van der Waals surface area contributed by atoms with Crippen molar-refractivity contribution < 1.29 is 37.3 Å². The van der Waals surface area contributed by atoms with Crippen LogP contribution in [0.2, 0.25) is 0 Å². The molecule has 0 radical (unpaired) electrons. The second kappa shape index (κ2) is 12.9. The number of methoxy groups -OCH3 is 2. The number of hydrogen-bond donors (Lipinski definition) is 3. The van der Waals surface area contributed by atoms with E-state index in [1.54, 1.807) is 12.1 Å². The van der Waals surface area contributed by atoms with E-state index in [2.05, 4.69) is 15.5 Å². The summed E-state index contributed by atoms with van der Waals surface area (Å²) < 4.78 is 51.7. The molecule has 2 atom stereocenters. The molecule has 1 unspecified atom stereocenters. The Labute approximate surface area is 248 Å². The molecule has 2 heterocycles. The van der Waals surface area contributed by atoms with Gasteiger partial charge >= 0.3 is 12.0 Å². The minimum atomic E-state index is -1.10. The van der Waals surface area contributed by atoms with Crippen LogP contribution in [0.15, 0.2) is 53.7 Å². The molecule has 232 valence electrons. The van der Waals surface area contributed by atoms with E-state index in [4.69, 9.17) is 9.47 Å². The Kier molecular flexibility index (Phi) is 9.28. The topological polar surface area (TPSA) is 103 Å². The van der Waals surface area contributed by atoms with Crippen LogP contribution in [0, 0.1) is 17.5 Å². The highest BCUT2D eigenvalue weighted by Gasteiger charge is 2.41. The van der Waals surface area contributed by atoms with E-state index in [9.17, 15) is 27.9 Å². The first kappa shape index (κ1) is 30.8. The Bertz CT molecular complexity index is 1360. The predicted molar refractivity (Wildman–Crippen MR) is 151 cm³/mol. The maximum Gasteiger partial charge on any atom is 0.338 e. The third-order valence-corrected chi connectivity index (χ3v) is 8.81. The summed E-state index contributed by atoms with van der Waals surface area (Å²) in [5, 5.41) is 17.3. The van der Waals surface area contributed by atoms with Gasteiger partial charge < -0.3 is 25.2 Å². The van der Waals surface area contributed by atoms with E-state index in [1.165, 1.54) is 37.3 Å². The van der Waals surface area contributed by atoms with Crippen LogP contribution in [0.3, 0.4) is 0 Å². The van der Waals surface area contributed by atoms with Crippen molar-refractivity contribution in [3.05, 3.63) is 82.3 Å². The number of carbonyl (C=O) groups is 2. The molecule has 5 rings (SSSR count). The number of aliphatic hydroxyl groups is 1. The van der Waals surface area contributed by atoms with Crippen molar-refractivity contribution in [1.29, 1.82) is 0 Å². The zero-order chi connectivity index (χ0) is 30.7. The van der Waals surface area contributed by atoms with Gasteiger partial charge in [0.2, 0.25) is 0 Å². The molecule has 12 heteroatoms. The summed E-state index contributed by atoms with van der Waals surface area (Å²) in [5.41, 5.74) is 0.408. The predicted octanol–water partition coefficient (Wildman–Crippen LogP) is 3.70. The van der Waals surface area contributed by atoms with E-state index in [0.29, 0.717) is 31.5 Å². The van der Waals surface area contributed by atoms with Crippen molar-refractivity contribution in [3.63, 3.8) is 0 Å². The van der Waals surface area contributed by atoms with Crippen LogP contribution in [-0.2, 0) is 19.9 Å². The number of likely N-dealkylation sites (tertiary alicyclic amines) is 1. The highest BCUT2D eigenvalue weighted by molar-refractivity contribution is 5.92. The van der Waals surface area contributed by atoms with Gasteiger partial charge in [0.25, 0.3) is 0 Å². The molecule has 2 amide bonds. The summed E-state index contributed by atoms with van der Waals surface area (Å²) in [6, 6.07) is 7.83. The minimum Gasteiger partial charge on any atom is -0.466 e. The zero-order valence-electron chi connectivity index (χ0n) is 24.2. The normalized spacial score (nSPS) is 26.3. The average molecular weight is 603 g/mol. The number of carbonyl (C=O) groups excluding carboxylic acids is 2. The van der Waals surface area contributed by atoms with Gasteiger partial charge in [0, 0.05) is 32.3 Å². The van der Waals surface area contributed by atoms with Crippen LogP contribution in [0.5, 0.6) is 0 Å². The lowest BCUT2D eigenvalue weighted by atomic mass is 9.77. The van der Waals surface area contributed by atoms with E-state index >= 15 is 0 Å². The average Bonchev–Trinajstić information content (AvgIpc) is 3.47. The number of benzene rings is 2. The monoisotopic (exact) mass is 602 g/mol. The zero-order valence-corrected chi connectivity index (χ0v) is 24.2. The Morgan fingerprint density at radius 2 is 1.77 bits per heavy atom. The van der Waals surface area contributed by atoms with Crippen LogP contribution in [-0.4, -0.2) is 79.6 Å². The molecule has 2 fully saturated rings. The largest absolute Gasteiger partial charge is 0.466 e. The Hall–Kier alpha value is -3.61. The van der Waals surface area contributed by atoms with Crippen molar-refractivity contribution >= 4 is 12.0 Å². The molecule has 3 aliphatic rings. The number of nitrogens with zero attached hydrogens (tertiary/aromatic N) is 2. The summed E-state index contributed by atoms with van der Waals surface area (Å²) in [6.45, 7) is 1.39. The van der Waals surface area contributed by atoms with E-state index in [-0.39, 0.29) is 42.3 Å². The Morgan fingerprint density at radius 1 is 1.05 bits per heavy atom. The van der Waals surface area contributed by atoms with Gasteiger partial charge in [0.1, 0.15) is 5.82 Å². The number of urea groups is 1. The summed E-state index contributed by atoms with van der Waals surface area (Å²) in [4.78, 5) is 30.3. The molecule has 9 nitrogen and oxygen atoms in total. The first-order valence-electron chi connectivity index (χ1n) is 14.4. The van der Waals surface area contributed by atoms with Gasteiger partial charge in [-0.05, 0) is 67.5 Å². The van der Waals surface area contributed by atoms with Gasteiger partial charge in [0.05, 0.1) is 43.3 Å². The van der Waals surface area contributed by atoms with Crippen molar-refractivity contribution in [1.82, 2.24) is 20.4 Å². The van der Waals surface area contributed by atoms with Gasteiger partial charge in [-0.1, -0.05) is 18.2 Å². The smallest absolute Gasteiger partial charge is 0.338 e. The lowest BCUT2D eigenvalue weighted by Gasteiger charge is -2.40. The molecule has 0 spiro atoms. The minimum absolute atomic E-state index is 0.00426. The fourth-order valence-electron chi connectivity index (χ4n) is 6.51. The Morgan fingerprint density at radius 3 is 2.42 bits per heavy atom. The number of hydrogen-bond acceptors (Lipinski definition) is 7. The molecular weight excluding hydrogens is 565 g/mol. The van der Waals surface area contributed by atoms with Crippen molar-refractivity contribution in [3.8, 4) is 0 Å². The molecule has 2 aromatic rings. The summed E-state index contributed by atoms with van der Waals surface area (Å²) in [5.74, 6) is -3.20. The third kappa shape index (κ3) is 6.51. The highest BCUT2D eigenvalue weighted by atomic mass is 19.2. The second-order valence-electron chi connectivity index (χ2n) is 11.4. The summed E-state index contributed by atoms with van der Waals surface area (Å²) >= 11 is 0. The number of esters is 1. The fraction of sp³-hybridized carbons (Fsp3) is 0.484. The van der Waals surface area contributed by atoms with E-state index < -0.39 is 35.3 Å². The molecule has 1 aliphatic carbocycles. The second-order valence-corrected chi connectivity index (χ2v) is 11.4. The molecule has 2 aromatic carbocycles. The van der Waals surface area contributed by atoms with Crippen LogP contribution >= 0.6 is 0 Å². The number of halogens is 3. The molecule has 2 aliphatic heterocycles. The van der Waals surface area contributed by atoms with Crippen molar-refractivity contribution in [2.24, 2.45) is 0 Å². The quantitative estimate of drug-likeness (QED) is 0.416. The van der Waals surface area contributed by atoms with Crippen molar-refractivity contribution in [2.45, 2.75) is 55.8 Å². The molecule has 0 aromatic heterocycles. The van der Waals surface area contributed by atoms with Crippen molar-refractivity contribution in [2.75, 3.05) is 40.6 Å². The highest BCUT2D eigenvalue weighted by Crippen LogP contribution is 2.40. The maximum atomic E-state index is 14.3. The van der Waals surface area contributed by atoms with Crippen LogP contribution < -0.4 is 10.6 Å². The molecule has 43 heavy (non-hydrogen) atoms. The number of ether oxygens (including phenoxy) is 2. The Balaban J connectivity index is 1.27. The van der Waals surface area contributed by atoms with Gasteiger partial charge in [-0.3, -0.25) is 9.80 Å². The standard InChI is InChI=1S/C31H37F3N4O5/c1-42-17-26-27(29(39)43-2)28(19-3-8-24(33)25(34)15-19)38(18-35-26)30(40)36-22-11-14-37(16-22)23-9-12-31(41,13-10-23)20-4-6-21(32)7-5-20/h3-8,15,22-23,28,35,41H,9-14,16-18H2,1-2H3,(H,36,40)/t22-,23?,28?,31?/m1/s1. The molecule has 3 N–H and O–H groups in total. The first-order chi connectivity index (χ1) is 20.6. The van der Waals surface area contributed by atoms with Gasteiger partial charge in [-0.25, -0.2) is 22.8 Å². The van der Waals surface area contributed by atoms with Crippen LogP contribution in [0.1, 0.15) is 49.3 Å². The van der Waals surface area contributed by atoms with E-state index in [1.807, 2.05) is 0 Å². The fourth-order valence-corrected chi connectivity index (χ4v) is 6.51. The van der Waals surface area contributed by atoms with Crippen LogP contribution in [0.25, 0.3) is 0 Å². The lowest BCUT2D eigenvalue weighted by molar-refractivity contribution is -0.137. The van der Waals surface area contributed by atoms with E-state index in [0.717, 1.165) is 37.1 Å². The number of rotatable bonds is 7. The number of nitrogens with one attached hydrogen (secondary N) is 2. The third-order valence-electron chi connectivity index (χ3n) is 8.81. The van der Waals surface area contributed by atoms with Gasteiger partial charge in [-0.2, -0.15) is 0 Å². The SMILES string of the molecule is COCC1=C(C(=O)OC)C(c2ccc(F)c(F)c2)N(C(=O)N[C@@H]2CCN(C3CCC(O)(c4ccc(F)cc4)CC3)C2)CN1. The van der Waals surface area contributed by atoms with Gasteiger partial charge in [-0.15, -0.1) is 0 Å². The molecule has 0 bridgehead atoms. The summed E-state index contributed by atoms with van der Waals surface area (Å²) in [7, 11) is 2.66. The maximum absolute atomic E-state index is 14.3. The molecule has 1 saturated carbocycles. The number of amides is 2. The molecule has 1 saturated heterocycles. The summed E-state index contributed by atoms with van der Waals surface area (Å²) in [6.07, 6.45) is 3.34. The van der Waals surface area contributed by atoms with Gasteiger partial charge in [0.15, 0.2) is 11.6 Å². The van der Waals surface area contributed by atoms with Crippen LogP contribution in [0.4, 0.5) is 18.0 Å². The first-order valence-corrected chi connectivity index (χ1v) is 14.4. The lowest BCUT2D eigenvalue weighted by Crippen LogP contribution is -2.54.